The summed E-state index contributed by atoms with van der Waals surface area (Å²) in [5, 5.41) is 2.83. The van der Waals surface area contributed by atoms with Crippen molar-refractivity contribution in [3.8, 4) is 0 Å². The molecule has 1 amide bonds. The van der Waals surface area contributed by atoms with Crippen molar-refractivity contribution in [2.45, 2.75) is 24.4 Å². The first-order chi connectivity index (χ1) is 5.21. The first-order valence-electron chi connectivity index (χ1n) is 3.88. The molecule has 4 heteroatoms. The van der Waals surface area contributed by atoms with Gasteiger partial charge < -0.3 is 15.8 Å². The Morgan fingerprint density at radius 2 is 2.18 bits per heavy atom. The first kappa shape index (κ1) is 7.06. The van der Waals surface area contributed by atoms with Gasteiger partial charge in [0.25, 0.3) is 0 Å². The van der Waals surface area contributed by atoms with E-state index in [1.165, 1.54) is 0 Å². The molecular formula is C7H12N2O2. The van der Waals surface area contributed by atoms with Gasteiger partial charge in [-0.05, 0) is 12.8 Å². The second kappa shape index (κ2) is 2.19. The van der Waals surface area contributed by atoms with Gasteiger partial charge in [-0.15, -0.1) is 0 Å². The van der Waals surface area contributed by atoms with E-state index in [2.05, 4.69) is 5.32 Å². The predicted molar refractivity (Wildman–Crippen MR) is 38.9 cm³/mol. The van der Waals surface area contributed by atoms with Gasteiger partial charge in [0.2, 0.25) is 5.91 Å². The molecule has 1 saturated carbocycles. The molecule has 0 aromatic rings. The topological polar surface area (TPSA) is 64.4 Å². The molecule has 1 heterocycles. The van der Waals surface area contributed by atoms with Crippen LogP contribution < -0.4 is 11.1 Å². The quantitative estimate of drug-likeness (QED) is 0.538. The monoisotopic (exact) mass is 156 g/mol. The number of hydrogen-bond acceptors (Lipinski definition) is 3. The van der Waals surface area contributed by atoms with Crippen LogP contribution in [-0.2, 0) is 9.53 Å². The molecule has 1 aliphatic carbocycles. The summed E-state index contributed by atoms with van der Waals surface area (Å²) in [5.41, 5.74) is 5.13. The molecule has 0 bridgehead atoms. The number of ether oxygens (including phenoxy) is 1. The van der Waals surface area contributed by atoms with Crippen LogP contribution in [0.1, 0.15) is 12.8 Å². The van der Waals surface area contributed by atoms with Gasteiger partial charge in [-0.1, -0.05) is 0 Å². The van der Waals surface area contributed by atoms with E-state index in [0.29, 0.717) is 13.2 Å². The van der Waals surface area contributed by atoms with Gasteiger partial charge >= 0.3 is 0 Å². The number of carbonyl (C=O) groups is 1. The Labute approximate surface area is 65.1 Å². The minimum Gasteiger partial charge on any atom is -0.377 e. The lowest BCUT2D eigenvalue weighted by atomic mass is 10.2. The summed E-state index contributed by atoms with van der Waals surface area (Å²) in [6.07, 6.45) is 1.65. The summed E-state index contributed by atoms with van der Waals surface area (Å²) in [7, 11) is 0. The summed E-state index contributed by atoms with van der Waals surface area (Å²) in [6.45, 7) is 1.28. The normalized spacial score (nSPS) is 27.4. The van der Waals surface area contributed by atoms with Crippen molar-refractivity contribution >= 4 is 5.91 Å². The summed E-state index contributed by atoms with van der Waals surface area (Å²) < 4.78 is 4.91. The zero-order valence-corrected chi connectivity index (χ0v) is 6.30. The molecule has 2 rings (SSSR count). The van der Waals surface area contributed by atoms with Crippen LogP contribution in [-0.4, -0.2) is 30.7 Å². The average Bonchev–Trinajstić information content (AvgIpc) is 2.59. The van der Waals surface area contributed by atoms with E-state index in [4.69, 9.17) is 10.5 Å². The van der Waals surface area contributed by atoms with Crippen LogP contribution in [0, 0.1) is 0 Å². The SMILES string of the molecule is NC1(C(=O)NC2COC2)CC1. The molecule has 4 nitrogen and oxygen atoms in total. The molecule has 3 N–H and O–H groups in total. The van der Waals surface area contributed by atoms with Crippen LogP contribution in [0.3, 0.4) is 0 Å². The van der Waals surface area contributed by atoms with Gasteiger partial charge in [-0.3, -0.25) is 4.79 Å². The maximum Gasteiger partial charge on any atom is 0.240 e. The zero-order valence-electron chi connectivity index (χ0n) is 6.30. The second-order valence-electron chi connectivity index (χ2n) is 3.36. The average molecular weight is 156 g/mol. The Hall–Kier alpha value is -0.610. The maximum atomic E-state index is 11.2. The van der Waals surface area contributed by atoms with Crippen LogP contribution in [0.15, 0.2) is 0 Å². The van der Waals surface area contributed by atoms with Crippen LogP contribution in [0.25, 0.3) is 0 Å². The van der Waals surface area contributed by atoms with E-state index < -0.39 is 5.54 Å². The van der Waals surface area contributed by atoms with Crippen LogP contribution in [0.5, 0.6) is 0 Å². The highest BCUT2D eigenvalue weighted by Gasteiger charge is 2.46. The van der Waals surface area contributed by atoms with E-state index in [-0.39, 0.29) is 11.9 Å². The predicted octanol–water partition coefficient (Wildman–Crippen LogP) is -1.01. The summed E-state index contributed by atoms with van der Waals surface area (Å²) in [4.78, 5) is 11.2. The van der Waals surface area contributed by atoms with Crippen molar-refractivity contribution < 1.29 is 9.53 Å². The van der Waals surface area contributed by atoms with E-state index in [0.717, 1.165) is 12.8 Å². The second-order valence-corrected chi connectivity index (χ2v) is 3.36. The molecule has 2 fully saturated rings. The zero-order chi connectivity index (χ0) is 7.90. The van der Waals surface area contributed by atoms with E-state index in [9.17, 15) is 4.79 Å². The highest BCUT2D eigenvalue weighted by atomic mass is 16.5. The van der Waals surface area contributed by atoms with Crippen LogP contribution in [0.4, 0.5) is 0 Å². The Bertz CT molecular complexity index is 185. The molecule has 0 aromatic carbocycles. The van der Waals surface area contributed by atoms with Crippen LogP contribution >= 0.6 is 0 Å². The van der Waals surface area contributed by atoms with E-state index in [1.54, 1.807) is 0 Å². The number of carbonyl (C=O) groups excluding carboxylic acids is 1. The fourth-order valence-corrected chi connectivity index (χ4v) is 1.01. The number of rotatable bonds is 2. The molecule has 0 aromatic heterocycles. The summed E-state index contributed by atoms with van der Waals surface area (Å²) >= 11 is 0. The van der Waals surface area contributed by atoms with Gasteiger partial charge in [-0.2, -0.15) is 0 Å². The molecule has 11 heavy (non-hydrogen) atoms. The smallest absolute Gasteiger partial charge is 0.240 e. The lowest BCUT2D eigenvalue weighted by Gasteiger charge is -2.27. The fourth-order valence-electron chi connectivity index (χ4n) is 1.01. The minimum absolute atomic E-state index is 0.00852. The summed E-state index contributed by atoms with van der Waals surface area (Å²) in [5.74, 6) is -0.00852. The highest BCUT2D eigenvalue weighted by Crippen LogP contribution is 2.32. The number of nitrogens with two attached hydrogens (primary N) is 1. The van der Waals surface area contributed by atoms with Crippen molar-refractivity contribution in [1.82, 2.24) is 5.32 Å². The summed E-state index contributed by atoms with van der Waals surface area (Å²) in [6, 6.07) is 0.212. The number of hydrogen-bond donors (Lipinski definition) is 2. The molecular weight excluding hydrogens is 144 g/mol. The molecule has 0 atom stereocenters. The van der Waals surface area contributed by atoms with Crippen molar-refractivity contribution in [2.24, 2.45) is 5.73 Å². The third-order valence-electron chi connectivity index (χ3n) is 2.21. The first-order valence-corrected chi connectivity index (χ1v) is 3.88. The van der Waals surface area contributed by atoms with Crippen molar-refractivity contribution in [3.63, 3.8) is 0 Å². The third-order valence-corrected chi connectivity index (χ3v) is 2.21. The molecule has 1 saturated heterocycles. The Morgan fingerprint density at radius 1 is 1.55 bits per heavy atom. The van der Waals surface area contributed by atoms with E-state index in [1.807, 2.05) is 0 Å². The van der Waals surface area contributed by atoms with Gasteiger partial charge in [0, 0.05) is 0 Å². The molecule has 0 radical (unpaired) electrons. The third kappa shape index (κ3) is 1.23. The van der Waals surface area contributed by atoms with Crippen LogP contribution in [0.2, 0.25) is 0 Å². The number of amides is 1. The Morgan fingerprint density at radius 3 is 2.55 bits per heavy atom. The van der Waals surface area contributed by atoms with Gasteiger partial charge in [-0.25, -0.2) is 0 Å². The van der Waals surface area contributed by atoms with Crippen molar-refractivity contribution in [3.05, 3.63) is 0 Å². The largest absolute Gasteiger partial charge is 0.377 e. The maximum absolute atomic E-state index is 11.2. The highest BCUT2D eigenvalue weighted by molar-refractivity contribution is 5.89. The Balaban J connectivity index is 1.81. The van der Waals surface area contributed by atoms with Gasteiger partial charge in [0.05, 0.1) is 24.8 Å². The number of nitrogens with one attached hydrogen (secondary N) is 1. The van der Waals surface area contributed by atoms with Gasteiger partial charge in [0.1, 0.15) is 0 Å². The Kier molecular flexibility index (Phi) is 1.40. The lowest BCUT2D eigenvalue weighted by molar-refractivity contribution is -0.127. The minimum atomic E-state index is -0.532. The standard InChI is InChI=1S/C7H12N2O2/c8-7(1-2-7)6(10)9-5-3-11-4-5/h5H,1-4,8H2,(H,9,10). The van der Waals surface area contributed by atoms with Crippen molar-refractivity contribution in [2.75, 3.05) is 13.2 Å². The van der Waals surface area contributed by atoms with Gasteiger partial charge in [0.15, 0.2) is 0 Å². The molecule has 0 unspecified atom stereocenters. The molecule has 62 valence electrons. The lowest BCUT2D eigenvalue weighted by Crippen LogP contribution is -2.54. The fraction of sp³-hybridized carbons (Fsp3) is 0.857. The molecule has 2 aliphatic rings. The molecule has 0 spiro atoms. The van der Waals surface area contributed by atoms with E-state index >= 15 is 0 Å². The van der Waals surface area contributed by atoms with Crippen molar-refractivity contribution in [1.29, 1.82) is 0 Å². The molecule has 1 aliphatic heterocycles.